The molecule has 0 atom stereocenters. The summed E-state index contributed by atoms with van der Waals surface area (Å²) in [6.45, 7) is 19.8. The molecule has 0 amide bonds. The molecule has 2 saturated heterocycles. The van der Waals surface area contributed by atoms with Crippen molar-refractivity contribution < 1.29 is 0 Å². The van der Waals surface area contributed by atoms with Crippen LogP contribution in [0.25, 0.3) is 11.3 Å². The number of hydrogen-bond acceptors (Lipinski definition) is 7. The second kappa shape index (κ2) is 14.1. The third kappa shape index (κ3) is 7.59. The number of benzene rings is 1. The number of nitrogens with one attached hydrogen (secondary N) is 1. The Hall–Kier alpha value is -3.00. The van der Waals surface area contributed by atoms with Crippen molar-refractivity contribution >= 4 is 11.6 Å². The molecule has 4 heterocycles. The van der Waals surface area contributed by atoms with E-state index in [0.717, 1.165) is 95.4 Å². The Morgan fingerprint density at radius 3 is 2.42 bits per heavy atom. The van der Waals surface area contributed by atoms with E-state index in [2.05, 4.69) is 75.5 Å². The van der Waals surface area contributed by atoms with Crippen molar-refractivity contribution in [1.82, 2.24) is 24.7 Å². The highest BCUT2D eigenvalue weighted by atomic mass is 15.2. The van der Waals surface area contributed by atoms with E-state index in [-0.39, 0.29) is 0 Å². The van der Waals surface area contributed by atoms with Gasteiger partial charge in [-0.3, -0.25) is 4.90 Å². The van der Waals surface area contributed by atoms with Crippen LogP contribution in [0.1, 0.15) is 30.5 Å². The summed E-state index contributed by atoms with van der Waals surface area (Å²) in [5.74, 6) is 0.769. The van der Waals surface area contributed by atoms with Crippen LogP contribution < -0.4 is 10.2 Å². The van der Waals surface area contributed by atoms with Crippen molar-refractivity contribution in [1.29, 1.82) is 0 Å². The fourth-order valence-corrected chi connectivity index (χ4v) is 6.07. The van der Waals surface area contributed by atoms with Gasteiger partial charge in [-0.25, -0.2) is 9.97 Å². The quantitative estimate of drug-likeness (QED) is 0.332. The van der Waals surface area contributed by atoms with Gasteiger partial charge in [-0.05, 0) is 70.1 Å². The van der Waals surface area contributed by atoms with Crippen molar-refractivity contribution in [2.45, 2.75) is 32.1 Å². The average molecular weight is 542 g/mol. The Balaban J connectivity index is 1.33. The van der Waals surface area contributed by atoms with Crippen LogP contribution in [0.5, 0.6) is 0 Å². The number of anilines is 2. The molecule has 1 N–H and O–H groups in total. The highest BCUT2D eigenvalue weighted by molar-refractivity contribution is 5.68. The van der Waals surface area contributed by atoms with Gasteiger partial charge in [0.2, 0.25) is 5.95 Å². The lowest BCUT2D eigenvalue weighted by Gasteiger charge is -2.34. The topological polar surface area (TPSA) is 50.8 Å². The molecule has 0 spiro atoms. The Morgan fingerprint density at radius 1 is 0.925 bits per heavy atom. The minimum absolute atomic E-state index is 0.769. The van der Waals surface area contributed by atoms with Crippen molar-refractivity contribution in [3.8, 4) is 11.3 Å². The first-order valence-corrected chi connectivity index (χ1v) is 15.2. The van der Waals surface area contributed by atoms with Gasteiger partial charge in [0, 0.05) is 75.6 Å². The van der Waals surface area contributed by atoms with Gasteiger partial charge in [0.05, 0.1) is 11.4 Å². The number of piperazine rings is 1. The summed E-state index contributed by atoms with van der Waals surface area (Å²) in [7, 11) is 2.20. The number of aromatic nitrogens is 2. The maximum absolute atomic E-state index is 5.13. The molecule has 2 fully saturated rings. The number of nitrogens with zero attached hydrogens (tertiary/aromatic N) is 6. The predicted molar refractivity (Wildman–Crippen MR) is 168 cm³/mol. The first-order valence-electron chi connectivity index (χ1n) is 15.2. The molecule has 7 heteroatoms. The lowest BCUT2D eigenvalue weighted by molar-refractivity contribution is 0.313. The lowest BCUT2D eigenvalue weighted by Crippen LogP contribution is -2.44. The molecule has 1 aromatic heterocycles. The minimum atomic E-state index is 0.769. The first kappa shape index (κ1) is 28.5. The lowest BCUT2D eigenvalue weighted by atomic mass is 10.0. The monoisotopic (exact) mass is 541 g/mol. The summed E-state index contributed by atoms with van der Waals surface area (Å²) in [5.41, 5.74) is 7.16. The molecule has 1 aromatic carbocycles. The van der Waals surface area contributed by atoms with E-state index in [4.69, 9.17) is 9.97 Å². The molecular formula is C33H47N7. The largest absolute Gasteiger partial charge is 0.369 e. The third-order valence-corrected chi connectivity index (χ3v) is 8.47. The van der Waals surface area contributed by atoms with Crippen LogP contribution in [0.4, 0.5) is 11.6 Å². The molecule has 3 aliphatic rings. The summed E-state index contributed by atoms with van der Waals surface area (Å²) >= 11 is 0. The van der Waals surface area contributed by atoms with Crippen LogP contribution in [0.2, 0.25) is 0 Å². The molecule has 3 aliphatic heterocycles. The molecule has 0 unspecified atom stereocenters. The minimum Gasteiger partial charge on any atom is -0.369 e. The van der Waals surface area contributed by atoms with Gasteiger partial charge in [0.25, 0.3) is 0 Å². The molecule has 214 valence electrons. The van der Waals surface area contributed by atoms with Crippen LogP contribution in [0, 0.1) is 0 Å². The van der Waals surface area contributed by atoms with E-state index in [1.165, 1.54) is 48.4 Å². The summed E-state index contributed by atoms with van der Waals surface area (Å²) in [4.78, 5) is 20.1. The van der Waals surface area contributed by atoms with Gasteiger partial charge in [-0.1, -0.05) is 43.5 Å². The van der Waals surface area contributed by atoms with E-state index in [9.17, 15) is 0 Å². The molecule has 5 rings (SSSR count). The zero-order valence-electron chi connectivity index (χ0n) is 24.5. The Kier molecular flexibility index (Phi) is 10.0. The Bertz CT molecular complexity index is 1160. The van der Waals surface area contributed by atoms with Crippen molar-refractivity contribution in [2.24, 2.45) is 0 Å². The van der Waals surface area contributed by atoms with Crippen molar-refractivity contribution in [2.75, 3.05) is 89.3 Å². The molecule has 0 saturated carbocycles. The number of fused-ring (bicyclic) bond motifs is 1. The van der Waals surface area contributed by atoms with Gasteiger partial charge < -0.3 is 20.0 Å². The van der Waals surface area contributed by atoms with E-state index in [1.807, 2.05) is 6.08 Å². The highest BCUT2D eigenvalue weighted by Gasteiger charge is 2.22. The summed E-state index contributed by atoms with van der Waals surface area (Å²) in [6.07, 6.45) is 11.5. The Labute approximate surface area is 241 Å². The third-order valence-electron chi connectivity index (χ3n) is 8.47. The van der Waals surface area contributed by atoms with Crippen LogP contribution in [-0.2, 0) is 12.8 Å². The van der Waals surface area contributed by atoms with Crippen LogP contribution >= 0.6 is 0 Å². The highest BCUT2D eigenvalue weighted by Crippen LogP contribution is 2.30. The van der Waals surface area contributed by atoms with Gasteiger partial charge >= 0.3 is 0 Å². The Morgan fingerprint density at radius 2 is 1.68 bits per heavy atom. The normalized spacial score (nSPS) is 19.1. The number of hydrogen-bond donors (Lipinski definition) is 1. The maximum atomic E-state index is 5.13. The van der Waals surface area contributed by atoms with Crippen LogP contribution in [-0.4, -0.2) is 104 Å². The molecule has 2 aromatic rings. The summed E-state index contributed by atoms with van der Waals surface area (Å²) < 4.78 is 0. The molecule has 0 radical (unpaired) electrons. The van der Waals surface area contributed by atoms with E-state index >= 15 is 0 Å². The maximum Gasteiger partial charge on any atom is 0.223 e. The van der Waals surface area contributed by atoms with E-state index in [0.29, 0.717) is 0 Å². The van der Waals surface area contributed by atoms with Crippen molar-refractivity contribution in [3.05, 3.63) is 72.5 Å². The molecular weight excluding hydrogens is 494 g/mol. The second-order valence-electron chi connectivity index (χ2n) is 11.5. The van der Waals surface area contributed by atoms with Gasteiger partial charge in [-0.15, -0.1) is 0 Å². The second-order valence-corrected chi connectivity index (χ2v) is 11.5. The molecule has 40 heavy (non-hydrogen) atoms. The SMILES string of the molecule is C=C/C=C\C(=C)CN1CCc2nc(NCCCN3CCCC3)nc(-c3ccc(N4CCN(C)CC4)cc3)c2CC1. The number of likely N-dealkylation sites (N-methyl/N-ethyl adjacent to an activating group) is 1. The van der Waals surface area contributed by atoms with Crippen molar-refractivity contribution in [3.63, 3.8) is 0 Å². The zero-order valence-corrected chi connectivity index (χ0v) is 24.5. The number of rotatable bonds is 11. The van der Waals surface area contributed by atoms with E-state index < -0.39 is 0 Å². The molecule has 7 nitrogen and oxygen atoms in total. The smallest absolute Gasteiger partial charge is 0.223 e. The number of allylic oxidation sites excluding steroid dienone is 2. The average Bonchev–Trinajstić information content (AvgIpc) is 3.42. The number of likely N-dealkylation sites (tertiary alicyclic amines) is 1. The summed E-state index contributed by atoms with van der Waals surface area (Å²) in [6, 6.07) is 9.07. The standard InChI is InChI=1S/C33H47N7/c1-4-5-9-27(2)26-39-20-14-30-31(15-21-39)35-33(34-16-8-19-38-17-6-7-18-38)36-32(30)28-10-12-29(13-11-28)40-24-22-37(3)23-25-40/h4-5,9-13H,1-2,6-8,14-26H2,3H3,(H,34,35,36)/b9-5-. The molecule has 0 bridgehead atoms. The fraction of sp³-hybridized carbons (Fsp3) is 0.515. The van der Waals surface area contributed by atoms with Crippen LogP contribution in [0.15, 0.2) is 61.2 Å². The zero-order chi connectivity index (χ0) is 27.7. The first-order chi connectivity index (χ1) is 19.6. The van der Waals surface area contributed by atoms with Crippen LogP contribution in [0.3, 0.4) is 0 Å². The van der Waals surface area contributed by atoms with E-state index in [1.54, 1.807) is 6.08 Å². The van der Waals surface area contributed by atoms with Gasteiger partial charge in [0.15, 0.2) is 0 Å². The summed E-state index contributed by atoms with van der Waals surface area (Å²) in [5, 5.41) is 3.58. The predicted octanol–water partition coefficient (Wildman–Crippen LogP) is 4.49. The van der Waals surface area contributed by atoms with Gasteiger partial charge in [-0.2, -0.15) is 0 Å². The molecule has 0 aliphatic carbocycles. The fourth-order valence-electron chi connectivity index (χ4n) is 6.07. The van der Waals surface area contributed by atoms with Gasteiger partial charge in [0.1, 0.15) is 0 Å².